The first kappa shape index (κ1) is 19.6. The number of anilines is 4. The molecule has 0 aliphatic carbocycles. The first-order valence-corrected chi connectivity index (χ1v) is 10.3. The molecule has 32 heavy (non-hydrogen) atoms. The molecule has 4 aromatic rings. The Hall–Kier alpha value is -4.34. The van der Waals surface area contributed by atoms with Gasteiger partial charge >= 0.3 is 0 Å². The monoisotopic (exact) mass is 427 g/mol. The second-order valence-corrected chi connectivity index (χ2v) is 7.45. The Morgan fingerprint density at radius 2 is 1.72 bits per heavy atom. The minimum atomic E-state index is -0.218. The van der Waals surface area contributed by atoms with Crippen molar-refractivity contribution in [2.45, 2.75) is 12.8 Å². The van der Waals surface area contributed by atoms with E-state index in [-0.39, 0.29) is 5.91 Å². The smallest absolute Gasteiger partial charge is 0.255 e. The van der Waals surface area contributed by atoms with Gasteiger partial charge in [-0.05, 0) is 65.7 Å². The van der Waals surface area contributed by atoms with Crippen LogP contribution in [0, 0.1) is 0 Å². The highest BCUT2D eigenvalue weighted by atomic mass is 16.1. The molecule has 3 heterocycles. The number of rotatable bonds is 6. The molecule has 0 spiro atoms. The molecule has 160 valence electrons. The summed E-state index contributed by atoms with van der Waals surface area (Å²) in [6, 6.07) is 16.5. The summed E-state index contributed by atoms with van der Waals surface area (Å²) >= 11 is 0. The summed E-state index contributed by atoms with van der Waals surface area (Å²) in [4.78, 5) is 15.0. The second-order valence-electron chi connectivity index (χ2n) is 7.45. The van der Waals surface area contributed by atoms with Crippen LogP contribution in [-0.4, -0.2) is 49.4 Å². The van der Waals surface area contributed by atoms with Crippen molar-refractivity contribution < 1.29 is 4.79 Å². The van der Waals surface area contributed by atoms with Crippen LogP contribution < -0.4 is 15.5 Å². The highest BCUT2D eigenvalue weighted by Gasteiger charge is 2.13. The van der Waals surface area contributed by atoms with Crippen LogP contribution >= 0.6 is 0 Å². The third-order valence-electron chi connectivity index (χ3n) is 5.25. The van der Waals surface area contributed by atoms with Gasteiger partial charge in [0.1, 0.15) is 6.33 Å². The molecular formula is C22H21N9O. The Labute approximate surface area is 184 Å². The predicted molar refractivity (Wildman–Crippen MR) is 120 cm³/mol. The summed E-state index contributed by atoms with van der Waals surface area (Å²) in [7, 11) is 0. The van der Waals surface area contributed by atoms with E-state index in [9.17, 15) is 4.79 Å². The van der Waals surface area contributed by atoms with Gasteiger partial charge in [-0.2, -0.15) is 5.10 Å². The summed E-state index contributed by atoms with van der Waals surface area (Å²) in [6.45, 7) is 2.11. The highest BCUT2D eigenvalue weighted by Crippen LogP contribution is 2.23. The molecule has 1 amide bonds. The van der Waals surface area contributed by atoms with Crippen molar-refractivity contribution in [2.24, 2.45) is 0 Å². The number of tetrazole rings is 1. The van der Waals surface area contributed by atoms with Gasteiger partial charge in [-0.15, -0.1) is 10.2 Å². The van der Waals surface area contributed by atoms with Crippen LogP contribution in [0.4, 0.5) is 22.9 Å². The zero-order valence-corrected chi connectivity index (χ0v) is 17.2. The first-order valence-electron chi connectivity index (χ1n) is 10.3. The summed E-state index contributed by atoms with van der Waals surface area (Å²) in [5.41, 5.74) is 3.84. The molecule has 0 saturated carbocycles. The minimum absolute atomic E-state index is 0.218. The molecule has 1 fully saturated rings. The fourth-order valence-corrected chi connectivity index (χ4v) is 3.62. The third kappa shape index (κ3) is 4.38. The normalized spacial score (nSPS) is 13.2. The van der Waals surface area contributed by atoms with E-state index in [0.29, 0.717) is 22.8 Å². The van der Waals surface area contributed by atoms with Gasteiger partial charge in [0.2, 0.25) is 0 Å². The van der Waals surface area contributed by atoms with Crippen LogP contribution in [0.5, 0.6) is 0 Å². The van der Waals surface area contributed by atoms with Gasteiger partial charge in [0.25, 0.3) is 5.91 Å². The van der Waals surface area contributed by atoms with E-state index in [2.05, 4.69) is 41.3 Å². The maximum absolute atomic E-state index is 12.7. The zero-order valence-electron chi connectivity index (χ0n) is 17.2. The molecule has 1 aliphatic rings. The van der Waals surface area contributed by atoms with Crippen molar-refractivity contribution >= 4 is 28.8 Å². The van der Waals surface area contributed by atoms with E-state index in [1.165, 1.54) is 23.9 Å². The van der Waals surface area contributed by atoms with Gasteiger partial charge in [-0.1, -0.05) is 6.07 Å². The average Bonchev–Trinajstić information content (AvgIpc) is 3.55. The van der Waals surface area contributed by atoms with E-state index in [1.807, 2.05) is 36.4 Å². The lowest BCUT2D eigenvalue weighted by molar-refractivity contribution is 0.102. The third-order valence-corrected chi connectivity index (χ3v) is 5.25. The van der Waals surface area contributed by atoms with E-state index in [0.717, 1.165) is 24.5 Å². The second kappa shape index (κ2) is 8.80. The fourth-order valence-electron chi connectivity index (χ4n) is 3.62. The number of aromatic nitrogens is 6. The van der Waals surface area contributed by atoms with Crippen LogP contribution in [0.3, 0.4) is 0 Å². The molecule has 0 radical (unpaired) electrons. The van der Waals surface area contributed by atoms with Gasteiger partial charge in [-0.25, -0.2) is 4.68 Å². The maximum Gasteiger partial charge on any atom is 0.255 e. The Morgan fingerprint density at radius 1 is 0.906 bits per heavy atom. The lowest BCUT2D eigenvalue weighted by atomic mass is 10.2. The van der Waals surface area contributed by atoms with Crippen molar-refractivity contribution in [2.75, 3.05) is 28.6 Å². The highest BCUT2D eigenvalue weighted by molar-refractivity contribution is 6.04. The lowest BCUT2D eigenvalue weighted by Crippen LogP contribution is -2.18. The van der Waals surface area contributed by atoms with Gasteiger partial charge in [0, 0.05) is 36.1 Å². The van der Waals surface area contributed by atoms with Crippen molar-refractivity contribution in [1.82, 2.24) is 30.4 Å². The molecule has 0 bridgehead atoms. The average molecular weight is 427 g/mol. The van der Waals surface area contributed by atoms with E-state index < -0.39 is 0 Å². The molecule has 2 aromatic carbocycles. The van der Waals surface area contributed by atoms with Crippen molar-refractivity contribution in [3.8, 4) is 5.69 Å². The Morgan fingerprint density at radius 3 is 2.50 bits per heavy atom. The van der Waals surface area contributed by atoms with E-state index in [1.54, 1.807) is 24.4 Å². The number of hydrogen-bond donors (Lipinski definition) is 2. The van der Waals surface area contributed by atoms with Crippen LogP contribution in [0.15, 0.2) is 67.1 Å². The fraction of sp³-hybridized carbons (Fsp3) is 0.182. The summed E-state index contributed by atoms with van der Waals surface area (Å²) in [5.74, 6) is 0.468. The van der Waals surface area contributed by atoms with Gasteiger partial charge in [0.05, 0.1) is 17.6 Å². The van der Waals surface area contributed by atoms with E-state index >= 15 is 0 Å². The van der Waals surface area contributed by atoms with Gasteiger partial charge in [0.15, 0.2) is 5.82 Å². The number of amides is 1. The molecule has 1 aliphatic heterocycles. The number of nitrogens with one attached hydrogen (secondary N) is 2. The molecule has 0 unspecified atom stereocenters. The van der Waals surface area contributed by atoms with Crippen LogP contribution in [0.1, 0.15) is 23.2 Å². The topological polar surface area (TPSA) is 114 Å². The van der Waals surface area contributed by atoms with Gasteiger partial charge in [-0.3, -0.25) is 4.79 Å². The largest absolute Gasteiger partial charge is 0.370 e. The quantitative estimate of drug-likeness (QED) is 0.483. The molecule has 10 heteroatoms. The Bertz CT molecular complexity index is 1200. The SMILES string of the molecule is O=C(Nc1ccc(Nc2cc(N3CCCC3)cnn2)cc1)c1cccc(-n2cnnn2)c1. The van der Waals surface area contributed by atoms with Crippen molar-refractivity contribution in [3.05, 3.63) is 72.7 Å². The summed E-state index contributed by atoms with van der Waals surface area (Å²) < 4.78 is 1.50. The van der Waals surface area contributed by atoms with Gasteiger partial charge < -0.3 is 15.5 Å². The number of carbonyl (C=O) groups excluding carboxylic acids is 1. The predicted octanol–water partition coefficient (Wildman–Crippen LogP) is 3.05. The lowest BCUT2D eigenvalue weighted by Gasteiger charge is -2.17. The Kier molecular flexibility index (Phi) is 5.39. The summed E-state index contributed by atoms with van der Waals surface area (Å²) in [6.07, 6.45) is 5.69. The molecule has 1 saturated heterocycles. The Balaban J connectivity index is 1.24. The number of carbonyl (C=O) groups is 1. The first-order chi connectivity index (χ1) is 15.7. The number of hydrogen-bond acceptors (Lipinski definition) is 8. The molecule has 2 aromatic heterocycles. The molecule has 5 rings (SSSR count). The zero-order chi connectivity index (χ0) is 21.8. The molecular weight excluding hydrogens is 406 g/mol. The number of benzene rings is 2. The summed E-state index contributed by atoms with van der Waals surface area (Å²) in [5, 5.41) is 25.5. The molecule has 10 nitrogen and oxygen atoms in total. The molecule has 0 atom stereocenters. The van der Waals surface area contributed by atoms with Crippen LogP contribution in [0.25, 0.3) is 5.69 Å². The van der Waals surface area contributed by atoms with Crippen molar-refractivity contribution in [1.29, 1.82) is 0 Å². The minimum Gasteiger partial charge on any atom is -0.370 e. The van der Waals surface area contributed by atoms with Crippen molar-refractivity contribution in [3.63, 3.8) is 0 Å². The van der Waals surface area contributed by atoms with E-state index in [4.69, 9.17) is 0 Å². The number of nitrogens with zero attached hydrogens (tertiary/aromatic N) is 7. The standard InChI is InChI=1S/C22H21N9O/c32-22(16-4-3-5-19(12-16)31-15-24-28-29-31)26-18-8-6-17(7-9-18)25-21-13-20(14-23-27-21)30-10-1-2-11-30/h3-9,12-15H,1-2,10-11H2,(H,25,27)(H,26,32). The maximum atomic E-state index is 12.7. The molecule has 2 N–H and O–H groups in total. The van der Waals surface area contributed by atoms with Crippen LogP contribution in [-0.2, 0) is 0 Å². The van der Waals surface area contributed by atoms with Crippen LogP contribution in [0.2, 0.25) is 0 Å².